The molecule has 0 bridgehead atoms. The van der Waals surface area contributed by atoms with Crippen molar-refractivity contribution in [2.24, 2.45) is 5.10 Å². The van der Waals surface area contributed by atoms with E-state index in [0.717, 1.165) is 6.42 Å². The lowest BCUT2D eigenvalue weighted by Gasteiger charge is -2.13. The quantitative estimate of drug-likeness (QED) is 0.344. The van der Waals surface area contributed by atoms with Gasteiger partial charge in [-0.3, -0.25) is 9.36 Å². The summed E-state index contributed by atoms with van der Waals surface area (Å²) in [6, 6.07) is 24.5. The summed E-state index contributed by atoms with van der Waals surface area (Å²) in [6.45, 7) is 2.36. The van der Waals surface area contributed by atoms with Crippen molar-refractivity contribution in [2.45, 2.75) is 26.3 Å². The molecule has 1 aromatic heterocycles. The second kappa shape index (κ2) is 9.26. The Kier molecular flexibility index (Phi) is 6.08. The molecule has 156 valence electrons. The average Bonchev–Trinajstić information content (AvgIpc) is 2.81. The number of nitrogens with one attached hydrogen (secondary N) is 1. The summed E-state index contributed by atoms with van der Waals surface area (Å²) in [4.78, 5) is 17.4. The van der Waals surface area contributed by atoms with Crippen LogP contribution in [0.1, 0.15) is 24.5 Å². The van der Waals surface area contributed by atoms with Gasteiger partial charge >= 0.3 is 0 Å². The van der Waals surface area contributed by atoms with Crippen LogP contribution in [0.4, 0.5) is 5.95 Å². The monoisotopic (exact) mass is 412 g/mol. The molecule has 0 unspecified atom stereocenters. The number of anilines is 1. The van der Waals surface area contributed by atoms with E-state index in [1.807, 2.05) is 55.5 Å². The van der Waals surface area contributed by atoms with Gasteiger partial charge in [-0.2, -0.15) is 5.10 Å². The highest BCUT2D eigenvalue weighted by atomic mass is 16.3. The number of phenolic OH excluding ortho intramolecular Hbond substituents is 1. The smallest absolute Gasteiger partial charge is 0.262 e. The molecule has 0 radical (unpaired) electrons. The molecule has 1 heterocycles. The first-order valence-electron chi connectivity index (χ1n) is 10.3. The number of para-hydroxylation sites is 2. The van der Waals surface area contributed by atoms with E-state index in [2.05, 4.69) is 27.6 Å². The van der Waals surface area contributed by atoms with Crippen LogP contribution >= 0.6 is 0 Å². The van der Waals surface area contributed by atoms with Gasteiger partial charge in [0.1, 0.15) is 5.75 Å². The highest BCUT2D eigenvalue weighted by molar-refractivity contribution is 6.03. The lowest BCUT2D eigenvalue weighted by Crippen LogP contribution is -2.23. The zero-order valence-electron chi connectivity index (χ0n) is 17.3. The van der Waals surface area contributed by atoms with Gasteiger partial charge in [0.25, 0.3) is 5.56 Å². The van der Waals surface area contributed by atoms with Gasteiger partial charge in [0.2, 0.25) is 5.95 Å². The first-order valence-corrected chi connectivity index (χ1v) is 10.3. The summed E-state index contributed by atoms with van der Waals surface area (Å²) in [5.74, 6) is 0.536. The summed E-state index contributed by atoms with van der Waals surface area (Å²) in [5.41, 5.74) is 6.01. The molecule has 3 aromatic carbocycles. The molecule has 0 spiro atoms. The third-order valence-electron chi connectivity index (χ3n) is 5.18. The Morgan fingerprint density at radius 3 is 2.48 bits per heavy atom. The zero-order valence-corrected chi connectivity index (χ0v) is 17.3. The average molecular weight is 412 g/mol. The van der Waals surface area contributed by atoms with Crippen molar-refractivity contribution in [1.82, 2.24) is 9.55 Å². The van der Waals surface area contributed by atoms with Crippen LogP contribution in [0.2, 0.25) is 0 Å². The van der Waals surface area contributed by atoms with Crippen molar-refractivity contribution in [3.63, 3.8) is 0 Å². The number of fused-ring (bicyclic) bond motifs is 1. The Hall–Kier alpha value is -3.93. The van der Waals surface area contributed by atoms with E-state index in [0.29, 0.717) is 41.1 Å². The van der Waals surface area contributed by atoms with Crippen LogP contribution in [0, 0.1) is 0 Å². The number of hydrogen-bond acceptors (Lipinski definition) is 5. The van der Waals surface area contributed by atoms with Crippen LogP contribution in [0.3, 0.4) is 0 Å². The molecule has 4 aromatic rings. The number of benzene rings is 3. The Labute approximate surface area is 180 Å². The van der Waals surface area contributed by atoms with Crippen molar-refractivity contribution in [3.05, 3.63) is 100 Å². The molecule has 0 saturated carbocycles. The molecule has 2 N–H and O–H groups in total. The molecule has 0 atom stereocenters. The molecular formula is C25H24N4O2. The zero-order chi connectivity index (χ0) is 21.6. The number of phenols is 1. The van der Waals surface area contributed by atoms with E-state index >= 15 is 0 Å². The van der Waals surface area contributed by atoms with E-state index < -0.39 is 0 Å². The molecule has 0 aliphatic heterocycles. The second-order valence-corrected chi connectivity index (χ2v) is 7.18. The fourth-order valence-electron chi connectivity index (χ4n) is 3.54. The highest BCUT2D eigenvalue weighted by Crippen LogP contribution is 2.20. The number of hydrazone groups is 1. The molecule has 0 saturated heterocycles. The molecule has 0 aliphatic carbocycles. The number of aromatic hydroxyl groups is 1. The van der Waals surface area contributed by atoms with Crippen LogP contribution in [0.5, 0.6) is 5.75 Å². The van der Waals surface area contributed by atoms with Crippen LogP contribution in [-0.2, 0) is 13.0 Å². The molecule has 0 fully saturated rings. The molecular weight excluding hydrogens is 388 g/mol. The summed E-state index contributed by atoms with van der Waals surface area (Å²) in [7, 11) is 0. The number of rotatable bonds is 7. The van der Waals surface area contributed by atoms with E-state index in [1.165, 1.54) is 5.56 Å². The fraction of sp³-hybridized carbons (Fsp3) is 0.160. The van der Waals surface area contributed by atoms with Gasteiger partial charge in [0, 0.05) is 12.1 Å². The van der Waals surface area contributed by atoms with Crippen molar-refractivity contribution in [2.75, 3.05) is 5.43 Å². The molecule has 6 nitrogen and oxygen atoms in total. The topological polar surface area (TPSA) is 79.5 Å². The summed E-state index contributed by atoms with van der Waals surface area (Å²) < 4.78 is 1.56. The van der Waals surface area contributed by atoms with Gasteiger partial charge in [-0.1, -0.05) is 54.6 Å². The Balaban J connectivity index is 1.71. The first kappa shape index (κ1) is 20.3. The van der Waals surface area contributed by atoms with Gasteiger partial charge in [0.05, 0.1) is 16.6 Å². The molecule has 31 heavy (non-hydrogen) atoms. The predicted molar refractivity (Wildman–Crippen MR) is 125 cm³/mol. The number of aryl methyl sites for hydroxylation is 1. The SMILES string of the molecule is CCn1c(N/N=C(\CCc2ccccc2)c2ccccc2O)nc2ccccc2c1=O. The van der Waals surface area contributed by atoms with Crippen molar-refractivity contribution in [1.29, 1.82) is 0 Å². The normalized spacial score (nSPS) is 11.6. The highest BCUT2D eigenvalue weighted by Gasteiger charge is 2.12. The van der Waals surface area contributed by atoms with Crippen molar-refractivity contribution >= 4 is 22.6 Å². The number of nitrogens with zero attached hydrogens (tertiary/aromatic N) is 3. The minimum Gasteiger partial charge on any atom is -0.507 e. The number of hydrogen-bond donors (Lipinski definition) is 2. The lowest BCUT2D eigenvalue weighted by atomic mass is 10.0. The van der Waals surface area contributed by atoms with Gasteiger partial charge in [-0.25, -0.2) is 10.4 Å². The van der Waals surface area contributed by atoms with E-state index in [1.54, 1.807) is 22.8 Å². The second-order valence-electron chi connectivity index (χ2n) is 7.18. The molecule has 0 aliphatic rings. The van der Waals surface area contributed by atoms with E-state index in [9.17, 15) is 9.90 Å². The molecule has 4 rings (SSSR count). The maximum atomic E-state index is 12.9. The van der Waals surface area contributed by atoms with E-state index in [4.69, 9.17) is 0 Å². The minimum absolute atomic E-state index is 0.112. The van der Waals surface area contributed by atoms with Crippen molar-refractivity contribution in [3.8, 4) is 5.75 Å². The lowest BCUT2D eigenvalue weighted by molar-refractivity contribution is 0.474. The van der Waals surface area contributed by atoms with Crippen LogP contribution in [0.25, 0.3) is 10.9 Å². The summed E-state index contributed by atoms with van der Waals surface area (Å²) >= 11 is 0. The minimum atomic E-state index is -0.112. The first-order chi connectivity index (χ1) is 15.2. The Bertz CT molecular complexity index is 1280. The third-order valence-corrected chi connectivity index (χ3v) is 5.18. The Morgan fingerprint density at radius 1 is 1.00 bits per heavy atom. The van der Waals surface area contributed by atoms with Crippen molar-refractivity contribution < 1.29 is 5.11 Å². The van der Waals surface area contributed by atoms with Crippen LogP contribution < -0.4 is 11.0 Å². The Morgan fingerprint density at radius 2 is 1.71 bits per heavy atom. The maximum Gasteiger partial charge on any atom is 0.262 e. The number of aromatic nitrogens is 2. The maximum absolute atomic E-state index is 12.9. The van der Waals surface area contributed by atoms with E-state index in [-0.39, 0.29) is 11.3 Å². The van der Waals surface area contributed by atoms with Gasteiger partial charge in [-0.15, -0.1) is 0 Å². The fourth-order valence-corrected chi connectivity index (χ4v) is 3.54. The predicted octanol–water partition coefficient (Wildman–Crippen LogP) is 4.57. The third kappa shape index (κ3) is 4.48. The van der Waals surface area contributed by atoms with Gasteiger partial charge in [-0.05, 0) is 49.6 Å². The summed E-state index contributed by atoms with van der Waals surface area (Å²) in [6.07, 6.45) is 1.37. The standard InChI is InChI=1S/C25H24N4O2/c1-2-29-24(31)20-13-6-8-14-21(20)26-25(29)28-27-22(19-12-7-9-15-23(19)30)17-16-18-10-4-3-5-11-18/h3-15,30H,2,16-17H2,1H3,(H,26,28)/b27-22+. The summed E-state index contributed by atoms with van der Waals surface area (Å²) in [5, 5.41) is 15.5. The molecule has 6 heteroatoms. The van der Waals surface area contributed by atoms with Gasteiger partial charge < -0.3 is 5.11 Å². The van der Waals surface area contributed by atoms with Gasteiger partial charge in [0.15, 0.2) is 0 Å². The molecule has 0 amide bonds. The largest absolute Gasteiger partial charge is 0.507 e. The van der Waals surface area contributed by atoms with Crippen LogP contribution in [-0.4, -0.2) is 20.4 Å². The van der Waals surface area contributed by atoms with Crippen LogP contribution in [0.15, 0.2) is 88.8 Å².